The minimum Gasteiger partial charge on any atom is -0.339 e. The number of hydrogen-bond acceptors (Lipinski definition) is 3. The van der Waals surface area contributed by atoms with Crippen LogP contribution in [0.15, 0.2) is 0 Å². The lowest BCUT2D eigenvalue weighted by Crippen LogP contribution is -2.50. The first kappa shape index (κ1) is 16.8. The molecule has 0 bridgehead atoms. The van der Waals surface area contributed by atoms with Gasteiger partial charge in [0.15, 0.2) is 0 Å². The van der Waals surface area contributed by atoms with Crippen molar-refractivity contribution in [3.05, 3.63) is 0 Å². The first-order chi connectivity index (χ1) is 10.2. The van der Waals surface area contributed by atoms with E-state index in [-0.39, 0.29) is 0 Å². The molecule has 1 saturated carbocycles. The predicted octanol–water partition coefficient (Wildman–Crippen LogP) is 2.08. The van der Waals surface area contributed by atoms with E-state index in [0.29, 0.717) is 30.3 Å². The van der Waals surface area contributed by atoms with Crippen molar-refractivity contribution in [1.82, 2.24) is 9.80 Å². The van der Waals surface area contributed by atoms with Gasteiger partial charge in [0, 0.05) is 19.1 Å². The van der Waals surface area contributed by atoms with Crippen molar-refractivity contribution in [1.29, 1.82) is 0 Å². The molecule has 2 atom stereocenters. The fraction of sp³-hybridized carbons (Fsp3) is 0.941. The highest BCUT2D eigenvalue weighted by Crippen LogP contribution is 2.24. The van der Waals surface area contributed by atoms with Crippen LogP contribution in [-0.4, -0.2) is 54.5 Å². The highest BCUT2D eigenvalue weighted by molar-refractivity contribution is 5.78. The van der Waals surface area contributed by atoms with Crippen LogP contribution in [0.5, 0.6) is 0 Å². The molecule has 1 aliphatic carbocycles. The van der Waals surface area contributed by atoms with Gasteiger partial charge in [-0.1, -0.05) is 26.2 Å². The third kappa shape index (κ3) is 4.43. The third-order valence-electron chi connectivity index (χ3n) is 5.54. The number of carbonyl (C=O) groups excluding carboxylic acids is 1. The Bertz CT molecular complexity index is 328. The van der Waals surface area contributed by atoms with Crippen LogP contribution in [0.2, 0.25) is 0 Å². The zero-order valence-corrected chi connectivity index (χ0v) is 13.9. The summed E-state index contributed by atoms with van der Waals surface area (Å²) in [6.45, 7) is 8.63. The van der Waals surface area contributed by atoms with Crippen molar-refractivity contribution in [2.75, 3.05) is 32.7 Å². The highest BCUT2D eigenvalue weighted by Gasteiger charge is 2.29. The van der Waals surface area contributed by atoms with Gasteiger partial charge in [-0.3, -0.25) is 9.69 Å². The molecule has 1 amide bonds. The topological polar surface area (TPSA) is 49.6 Å². The Morgan fingerprint density at radius 1 is 1.24 bits per heavy atom. The van der Waals surface area contributed by atoms with E-state index < -0.39 is 0 Å². The van der Waals surface area contributed by atoms with Crippen LogP contribution in [-0.2, 0) is 4.79 Å². The van der Waals surface area contributed by atoms with Crippen molar-refractivity contribution in [2.24, 2.45) is 17.6 Å². The molecule has 2 rings (SSSR count). The number of hydrogen-bond donors (Lipinski definition) is 1. The highest BCUT2D eigenvalue weighted by atomic mass is 16.2. The standard InChI is InChI=1S/C17H33N3O/c1-3-20(16-7-5-4-6-8-16)17(21)13-19-10-9-14(2)15(11-18)12-19/h14-16H,3-13,18H2,1-2H3. The zero-order chi connectivity index (χ0) is 15.2. The molecule has 1 heterocycles. The van der Waals surface area contributed by atoms with E-state index in [1.807, 2.05) is 0 Å². The molecule has 0 aromatic heterocycles. The summed E-state index contributed by atoms with van der Waals surface area (Å²) in [6.07, 6.45) is 7.47. The molecule has 0 spiro atoms. The van der Waals surface area contributed by atoms with E-state index in [0.717, 1.165) is 26.2 Å². The third-order valence-corrected chi connectivity index (χ3v) is 5.54. The van der Waals surface area contributed by atoms with Gasteiger partial charge >= 0.3 is 0 Å². The van der Waals surface area contributed by atoms with Crippen LogP contribution < -0.4 is 5.73 Å². The lowest BCUT2D eigenvalue weighted by Gasteiger charge is -2.39. The van der Waals surface area contributed by atoms with E-state index in [2.05, 4.69) is 23.6 Å². The Balaban J connectivity index is 1.86. The van der Waals surface area contributed by atoms with Crippen molar-refractivity contribution in [2.45, 2.75) is 58.4 Å². The molecule has 2 fully saturated rings. The summed E-state index contributed by atoms with van der Waals surface area (Å²) in [4.78, 5) is 17.1. The van der Waals surface area contributed by atoms with Crippen LogP contribution in [0, 0.1) is 11.8 Å². The van der Waals surface area contributed by atoms with Gasteiger partial charge in [-0.2, -0.15) is 0 Å². The molecule has 122 valence electrons. The maximum Gasteiger partial charge on any atom is 0.236 e. The van der Waals surface area contributed by atoms with Crippen molar-refractivity contribution >= 4 is 5.91 Å². The Morgan fingerprint density at radius 2 is 1.95 bits per heavy atom. The molecule has 1 aliphatic heterocycles. The summed E-state index contributed by atoms with van der Waals surface area (Å²) in [7, 11) is 0. The van der Waals surface area contributed by atoms with E-state index in [1.165, 1.54) is 38.5 Å². The Kier molecular flexibility index (Phi) is 6.49. The second kappa shape index (κ2) is 8.14. The van der Waals surface area contributed by atoms with Gasteiger partial charge in [0.1, 0.15) is 0 Å². The van der Waals surface area contributed by atoms with Gasteiger partial charge in [-0.15, -0.1) is 0 Å². The first-order valence-electron chi connectivity index (χ1n) is 8.87. The fourth-order valence-electron chi connectivity index (χ4n) is 3.99. The van der Waals surface area contributed by atoms with Gasteiger partial charge < -0.3 is 10.6 Å². The number of likely N-dealkylation sites (tertiary alicyclic amines) is 1. The van der Waals surface area contributed by atoms with Crippen LogP contribution in [0.4, 0.5) is 0 Å². The number of carbonyl (C=O) groups is 1. The summed E-state index contributed by atoms with van der Waals surface area (Å²) in [5.41, 5.74) is 5.87. The lowest BCUT2D eigenvalue weighted by molar-refractivity contribution is -0.135. The average molecular weight is 295 g/mol. The Morgan fingerprint density at radius 3 is 2.57 bits per heavy atom. The van der Waals surface area contributed by atoms with E-state index in [4.69, 9.17) is 5.73 Å². The molecule has 2 unspecified atom stereocenters. The summed E-state index contributed by atoms with van der Waals surface area (Å²) < 4.78 is 0. The molecular formula is C17H33N3O. The van der Waals surface area contributed by atoms with Gasteiger partial charge in [0.05, 0.1) is 6.54 Å². The second-order valence-corrected chi connectivity index (χ2v) is 6.97. The van der Waals surface area contributed by atoms with Gasteiger partial charge in [-0.05, 0) is 51.1 Å². The summed E-state index contributed by atoms with van der Waals surface area (Å²) in [5.74, 6) is 1.58. The molecule has 4 nitrogen and oxygen atoms in total. The predicted molar refractivity (Wildman–Crippen MR) is 87.0 cm³/mol. The monoisotopic (exact) mass is 295 g/mol. The number of nitrogens with zero attached hydrogens (tertiary/aromatic N) is 2. The fourth-order valence-corrected chi connectivity index (χ4v) is 3.99. The Hall–Kier alpha value is -0.610. The second-order valence-electron chi connectivity index (χ2n) is 6.97. The molecule has 2 N–H and O–H groups in total. The largest absolute Gasteiger partial charge is 0.339 e. The summed E-state index contributed by atoms with van der Waals surface area (Å²) in [5, 5.41) is 0. The smallest absolute Gasteiger partial charge is 0.236 e. The molecule has 2 aliphatic rings. The summed E-state index contributed by atoms with van der Waals surface area (Å²) in [6, 6.07) is 0.491. The molecule has 0 aromatic rings. The zero-order valence-electron chi connectivity index (χ0n) is 13.9. The number of likely N-dealkylation sites (N-methyl/N-ethyl adjacent to an activating group) is 1. The van der Waals surface area contributed by atoms with Crippen molar-refractivity contribution in [3.63, 3.8) is 0 Å². The van der Waals surface area contributed by atoms with Gasteiger partial charge in [0.2, 0.25) is 5.91 Å². The number of nitrogens with two attached hydrogens (primary N) is 1. The minimum atomic E-state index is 0.328. The number of rotatable bonds is 5. The van der Waals surface area contributed by atoms with Crippen LogP contribution in [0.1, 0.15) is 52.4 Å². The van der Waals surface area contributed by atoms with E-state index in [9.17, 15) is 4.79 Å². The lowest BCUT2D eigenvalue weighted by atomic mass is 9.87. The first-order valence-corrected chi connectivity index (χ1v) is 8.87. The maximum absolute atomic E-state index is 12.7. The summed E-state index contributed by atoms with van der Waals surface area (Å²) >= 11 is 0. The molecule has 1 saturated heterocycles. The minimum absolute atomic E-state index is 0.328. The molecule has 0 radical (unpaired) electrons. The maximum atomic E-state index is 12.7. The quantitative estimate of drug-likeness (QED) is 0.845. The number of piperidine rings is 1. The molecule has 4 heteroatoms. The van der Waals surface area contributed by atoms with Crippen molar-refractivity contribution < 1.29 is 4.79 Å². The van der Waals surface area contributed by atoms with Gasteiger partial charge in [0.25, 0.3) is 0 Å². The van der Waals surface area contributed by atoms with E-state index >= 15 is 0 Å². The Labute approximate surface area is 130 Å². The van der Waals surface area contributed by atoms with Crippen LogP contribution >= 0.6 is 0 Å². The van der Waals surface area contributed by atoms with Gasteiger partial charge in [-0.25, -0.2) is 0 Å². The average Bonchev–Trinajstić information content (AvgIpc) is 2.51. The number of amides is 1. The molecule has 21 heavy (non-hydrogen) atoms. The SMILES string of the molecule is CCN(C(=O)CN1CCC(C)C(CN)C1)C1CCCCC1. The van der Waals surface area contributed by atoms with Crippen molar-refractivity contribution in [3.8, 4) is 0 Å². The van der Waals surface area contributed by atoms with Crippen LogP contribution in [0.25, 0.3) is 0 Å². The van der Waals surface area contributed by atoms with Crippen LogP contribution in [0.3, 0.4) is 0 Å². The van der Waals surface area contributed by atoms with E-state index in [1.54, 1.807) is 0 Å². The molecule has 0 aromatic carbocycles. The normalized spacial score (nSPS) is 28.5. The molecular weight excluding hydrogens is 262 g/mol.